The van der Waals surface area contributed by atoms with Crippen LogP contribution in [0.1, 0.15) is 38.4 Å². The lowest BCUT2D eigenvalue weighted by Crippen LogP contribution is -2.33. The van der Waals surface area contributed by atoms with E-state index in [0.29, 0.717) is 28.5 Å². The maximum Gasteiger partial charge on any atom is 0.290 e. The Bertz CT molecular complexity index is 1200. The van der Waals surface area contributed by atoms with Crippen molar-refractivity contribution in [3.05, 3.63) is 80.2 Å². The van der Waals surface area contributed by atoms with Gasteiger partial charge in [-0.3, -0.25) is 9.59 Å². The first-order chi connectivity index (χ1) is 15.3. The Morgan fingerprint density at radius 3 is 2.72 bits per heavy atom. The van der Waals surface area contributed by atoms with Gasteiger partial charge in [0.25, 0.3) is 5.91 Å². The number of carbonyl (C=O) groups excluding carboxylic acids is 2. The van der Waals surface area contributed by atoms with E-state index in [-0.39, 0.29) is 22.7 Å². The van der Waals surface area contributed by atoms with Crippen molar-refractivity contribution in [1.29, 1.82) is 0 Å². The summed E-state index contributed by atoms with van der Waals surface area (Å²) < 4.78 is 16.8. The number of Topliss-reactive ketones (excluding diaryl/α,β-unsaturated/α-hetero) is 1. The molecular weight excluding hydrogens is 455 g/mol. The first-order valence-corrected chi connectivity index (χ1v) is 11.1. The van der Waals surface area contributed by atoms with Crippen molar-refractivity contribution in [3.8, 4) is 0 Å². The number of aromatic nitrogens is 3. The van der Waals surface area contributed by atoms with Crippen molar-refractivity contribution in [1.82, 2.24) is 19.4 Å². The molecule has 0 bridgehead atoms. The van der Waals surface area contributed by atoms with E-state index < -0.39 is 29.3 Å². The zero-order chi connectivity index (χ0) is 23.0. The number of aliphatic hydroxyl groups excluding tert-OH is 1. The van der Waals surface area contributed by atoms with E-state index in [1.807, 2.05) is 4.57 Å². The number of aryl methyl sites for hydroxylation is 3. The number of ketones is 1. The van der Waals surface area contributed by atoms with Crippen LogP contribution < -0.4 is 0 Å². The van der Waals surface area contributed by atoms with Crippen LogP contribution in [0.4, 0.5) is 4.39 Å². The van der Waals surface area contributed by atoms with Crippen LogP contribution in [0.3, 0.4) is 0 Å². The lowest BCUT2D eigenvalue weighted by Gasteiger charge is -2.27. The molecule has 1 atom stereocenters. The Labute approximate surface area is 192 Å². The third-order valence-electron chi connectivity index (χ3n) is 5.31. The van der Waals surface area contributed by atoms with Crippen LogP contribution in [-0.2, 0) is 11.3 Å². The van der Waals surface area contributed by atoms with Crippen molar-refractivity contribution in [2.24, 2.45) is 0 Å². The Kier molecular flexibility index (Phi) is 6.12. The molecule has 1 aliphatic rings. The molecule has 1 aromatic carbocycles. The van der Waals surface area contributed by atoms with Gasteiger partial charge in [-0.15, -0.1) is 11.3 Å². The van der Waals surface area contributed by atoms with Crippen LogP contribution in [-0.4, -0.2) is 42.8 Å². The van der Waals surface area contributed by atoms with Gasteiger partial charge in [-0.05, 0) is 32.4 Å². The monoisotopic (exact) mass is 474 g/mol. The molecule has 1 aliphatic heterocycles. The Hall–Kier alpha value is -3.04. The van der Waals surface area contributed by atoms with Crippen molar-refractivity contribution in [2.75, 3.05) is 6.54 Å². The Morgan fingerprint density at radius 2 is 2.09 bits per heavy atom. The Morgan fingerprint density at radius 1 is 1.31 bits per heavy atom. The molecule has 0 radical (unpaired) electrons. The molecule has 0 saturated heterocycles. The van der Waals surface area contributed by atoms with Crippen molar-refractivity contribution in [2.45, 2.75) is 32.9 Å². The number of amides is 1. The third-order valence-corrected chi connectivity index (χ3v) is 6.71. The fourth-order valence-corrected chi connectivity index (χ4v) is 5.04. The molecule has 3 heterocycles. The predicted octanol–water partition coefficient (Wildman–Crippen LogP) is 4.42. The fraction of sp³-hybridized carbons (Fsp3) is 0.273. The summed E-state index contributed by atoms with van der Waals surface area (Å²) in [6, 6.07) is 3.01. The van der Waals surface area contributed by atoms with Crippen LogP contribution >= 0.6 is 22.9 Å². The van der Waals surface area contributed by atoms with Crippen LogP contribution in [0.25, 0.3) is 0 Å². The van der Waals surface area contributed by atoms with E-state index in [1.54, 1.807) is 32.6 Å². The van der Waals surface area contributed by atoms with Crippen molar-refractivity contribution >= 4 is 34.6 Å². The number of aliphatic hydroxyl groups is 1. The Balaban J connectivity index is 1.75. The summed E-state index contributed by atoms with van der Waals surface area (Å²) in [6.07, 6.45) is 5.58. The van der Waals surface area contributed by atoms with Crippen LogP contribution in [0.5, 0.6) is 0 Å². The molecule has 0 spiro atoms. The van der Waals surface area contributed by atoms with Crippen LogP contribution in [0.15, 0.2) is 48.3 Å². The van der Waals surface area contributed by atoms with E-state index in [4.69, 9.17) is 11.6 Å². The van der Waals surface area contributed by atoms with E-state index >= 15 is 0 Å². The summed E-state index contributed by atoms with van der Waals surface area (Å²) in [6.45, 7) is 4.17. The minimum atomic E-state index is -1.15. The van der Waals surface area contributed by atoms with Gasteiger partial charge >= 0.3 is 0 Å². The molecule has 1 unspecified atom stereocenters. The van der Waals surface area contributed by atoms with E-state index in [9.17, 15) is 19.1 Å². The quantitative estimate of drug-likeness (QED) is 0.512. The predicted molar refractivity (Wildman–Crippen MR) is 118 cm³/mol. The number of hydrogen-bond donors (Lipinski definition) is 1. The molecule has 1 N–H and O–H groups in total. The van der Waals surface area contributed by atoms with Crippen molar-refractivity contribution < 1.29 is 19.1 Å². The SMILES string of the molecule is Cc1nc(C)c(C(=O)C2=C(O)C(=O)N(CCCn3ccnc3)C2c2c(F)cccc2Cl)s1. The van der Waals surface area contributed by atoms with E-state index in [2.05, 4.69) is 9.97 Å². The van der Waals surface area contributed by atoms with E-state index in [1.165, 1.54) is 23.1 Å². The van der Waals surface area contributed by atoms with E-state index in [0.717, 1.165) is 11.3 Å². The van der Waals surface area contributed by atoms with Gasteiger partial charge in [0.1, 0.15) is 5.82 Å². The average Bonchev–Trinajstić information content (AvgIpc) is 3.43. The van der Waals surface area contributed by atoms with Gasteiger partial charge < -0.3 is 14.6 Å². The second kappa shape index (κ2) is 8.84. The number of rotatable bonds is 7. The van der Waals surface area contributed by atoms with Gasteiger partial charge in [-0.1, -0.05) is 17.7 Å². The molecular formula is C22H20ClFN4O3S. The molecule has 10 heteroatoms. The lowest BCUT2D eigenvalue weighted by atomic mass is 9.94. The number of carbonyl (C=O) groups is 2. The molecule has 1 amide bonds. The molecule has 3 aromatic rings. The van der Waals surface area contributed by atoms with Crippen LogP contribution in [0.2, 0.25) is 5.02 Å². The second-order valence-corrected chi connectivity index (χ2v) is 9.04. The summed E-state index contributed by atoms with van der Waals surface area (Å²) in [5.74, 6) is -2.64. The normalized spacial score (nSPS) is 16.3. The first kappa shape index (κ1) is 22.2. The molecule has 7 nitrogen and oxygen atoms in total. The minimum Gasteiger partial charge on any atom is -0.503 e. The van der Waals surface area contributed by atoms with Gasteiger partial charge in [-0.25, -0.2) is 14.4 Å². The topological polar surface area (TPSA) is 88.3 Å². The van der Waals surface area contributed by atoms with Crippen LogP contribution in [0, 0.1) is 19.7 Å². The standard InChI is InChI=1S/C22H20ClFN4O3S/c1-12-21(32-13(2)26-12)19(29)17-18(16-14(23)5-3-6-15(16)24)28(22(31)20(17)30)9-4-8-27-10-7-25-11-27/h3,5-7,10-11,18,30H,4,8-9H2,1-2H3. The summed E-state index contributed by atoms with van der Waals surface area (Å²) in [7, 11) is 0. The van der Waals surface area contributed by atoms with Gasteiger partial charge in [0.15, 0.2) is 5.76 Å². The number of imidazole rings is 1. The molecule has 0 fully saturated rings. The maximum absolute atomic E-state index is 14.9. The molecule has 0 saturated carbocycles. The summed E-state index contributed by atoms with van der Waals surface area (Å²) >= 11 is 7.48. The average molecular weight is 475 g/mol. The minimum absolute atomic E-state index is 0.0172. The highest BCUT2D eigenvalue weighted by molar-refractivity contribution is 7.14. The second-order valence-electron chi connectivity index (χ2n) is 7.43. The lowest BCUT2D eigenvalue weighted by molar-refractivity contribution is -0.129. The maximum atomic E-state index is 14.9. The van der Waals surface area contributed by atoms with Gasteiger partial charge in [0.05, 0.1) is 33.5 Å². The number of nitrogens with zero attached hydrogens (tertiary/aromatic N) is 4. The summed E-state index contributed by atoms with van der Waals surface area (Å²) in [4.78, 5) is 36.3. The highest BCUT2D eigenvalue weighted by Gasteiger charge is 2.46. The number of hydrogen-bond acceptors (Lipinski definition) is 6. The summed E-state index contributed by atoms with van der Waals surface area (Å²) in [5, 5.41) is 11.5. The zero-order valence-corrected chi connectivity index (χ0v) is 19.0. The van der Waals surface area contributed by atoms with Gasteiger partial charge in [0, 0.05) is 36.1 Å². The molecule has 166 valence electrons. The first-order valence-electron chi connectivity index (χ1n) is 9.92. The molecule has 32 heavy (non-hydrogen) atoms. The molecule has 4 rings (SSSR count). The highest BCUT2D eigenvalue weighted by atomic mass is 35.5. The number of benzene rings is 1. The largest absolute Gasteiger partial charge is 0.503 e. The number of halogens is 2. The van der Waals surface area contributed by atoms with Crippen molar-refractivity contribution in [3.63, 3.8) is 0 Å². The number of thiazole rings is 1. The zero-order valence-electron chi connectivity index (χ0n) is 17.4. The molecule has 0 aliphatic carbocycles. The van der Waals surface area contributed by atoms with Gasteiger partial charge in [0.2, 0.25) is 5.78 Å². The highest BCUT2D eigenvalue weighted by Crippen LogP contribution is 2.43. The fourth-order valence-electron chi connectivity index (χ4n) is 3.90. The summed E-state index contributed by atoms with van der Waals surface area (Å²) in [5.41, 5.74) is 0.287. The van der Waals surface area contributed by atoms with Gasteiger partial charge in [-0.2, -0.15) is 0 Å². The molecule has 2 aromatic heterocycles. The smallest absolute Gasteiger partial charge is 0.290 e. The third kappa shape index (κ3) is 3.93.